The number of para-hydroxylation sites is 1. The molecular formula is C16H11BrO2. The molecule has 3 heteroatoms. The summed E-state index contributed by atoms with van der Waals surface area (Å²) >= 11 is 3.42. The lowest BCUT2D eigenvalue weighted by Gasteiger charge is -2.01. The molecule has 0 radical (unpaired) electrons. The summed E-state index contributed by atoms with van der Waals surface area (Å²) in [6.07, 6.45) is 0. The van der Waals surface area contributed by atoms with Gasteiger partial charge in [-0.2, -0.15) is 0 Å². The molecular weight excluding hydrogens is 304 g/mol. The molecule has 3 aromatic rings. The van der Waals surface area contributed by atoms with Gasteiger partial charge in [0.1, 0.15) is 5.58 Å². The number of benzene rings is 2. The number of furan rings is 1. The molecule has 0 unspecified atom stereocenters. The molecule has 94 valence electrons. The number of rotatable bonds is 2. The minimum absolute atomic E-state index is 0.0822. The van der Waals surface area contributed by atoms with Crippen molar-refractivity contribution in [1.82, 2.24) is 0 Å². The van der Waals surface area contributed by atoms with Gasteiger partial charge in [0.15, 0.2) is 5.76 Å². The van der Waals surface area contributed by atoms with Crippen LogP contribution >= 0.6 is 15.9 Å². The third kappa shape index (κ3) is 2.10. The lowest BCUT2D eigenvalue weighted by molar-refractivity contribution is 0.101. The summed E-state index contributed by atoms with van der Waals surface area (Å²) in [6.45, 7) is 1.92. The van der Waals surface area contributed by atoms with Crippen molar-refractivity contribution in [3.8, 4) is 0 Å². The van der Waals surface area contributed by atoms with Gasteiger partial charge in [-0.05, 0) is 40.5 Å². The molecule has 0 fully saturated rings. The minimum Gasteiger partial charge on any atom is -0.451 e. The van der Waals surface area contributed by atoms with E-state index in [9.17, 15) is 4.79 Å². The van der Waals surface area contributed by atoms with E-state index in [2.05, 4.69) is 15.9 Å². The maximum absolute atomic E-state index is 12.4. The molecule has 0 aliphatic rings. The molecule has 0 aliphatic heterocycles. The Labute approximate surface area is 119 Å². The van der Waals surface area contributed by atoms with Crippen LogP contribution in [0.3, 0.4) is 0 Å². The Hall–Kier alpha value is -1.87. The molecule has 0 atom stereocenters. The summed E-state index contributed by atoms with van der Waals surface area (Å²) in [7, 11) is 0. The van der Waals surface area contributed by atoms with Crippen molar-refractivity contribution in [3.05, 3.63) is 69.9 Å². The van der Waals surface area contributed by atoms with Crippen LogP contribution in [0.4, 0.5) is 0 Å². The van der Waals surface area contributed by atoms with Gasteiger partial charge in [-0.1, -0.05) is 36.4 Å². The van der Waals surface area contributed by atoms with E-state index < -0.39 is 0 Å². The van der Waals surface area contributed by atoms with Gasteiger partial charge in [-0.15, -0.1) is 0 Å². The maximum atomic E-state index is 12.4. The molecule has 2 aromatic carbocycles. The van der Waals surface area contributed by atoms with Crippen LogP contribution in [0.25, 0.3) is 11.0 Å². The number of hydrogen-bond acceptors (Lipinski definition) is 2. The van der Waals surface area contributed by atoms with Gasteiger partial charge in [0.25, 0.3) is 0 Å². The SMILES string of the molecule is Cc1ccccc1C(=O)c1cc2cccc(Br)c2o1. The maximum Gasteiger partial charge on any atom is 0.228 e. The predicted molar refractivity (Wildman–Crippen MR) is 78.5 cm³/mol. The van der Waals surface area contributed by atoms with Gasteiger partial charge in [0.05, 0.1) is 4.47 Å². The van der Waals surface area contributed by atoms with E-state index in [1.54, 1.807) is 6.07 Å². The second-order valence-electron chi connectivity index (χ2n) is 4.41. The van der Waals surface area contributed by atoms with Gasteiger partial charge in [0.2, 0.25) is 5.78 Å². The van der Waals surface area contributed by atoms with Gasteiger partial charge in [-0.25, -0.2) is 0 Å². The minimum atomic E-state index is -0.0822. The van der Waals surface area contributed by atoms with Crippen molar-refractivity contribution in [3.63, 3.8) is 0 Å². The first kappa shape index (κ1) is 12.2. The number of ketones is 1. The molecule has 0 saturated heterocycles. The van der Waals surface area contributed by atoms with E-state index in [0.29, 0.717) is 16.9 Å². The Kier molecular flexibility index (Phi) is 2.99. The normalized spacial score (nSPS) is 10.8. The molecule has 0 aliphatic carbocycles. The number of aryl methyl sites for hydroxylation is 1. The Morgan fingerprint density at radius 3 is 2.63 bits per heavy atom. The smallest absolute Gasteiger partial charge is 0.228 e. The van der Waals surface area contributed by atoms with Crippen LogP contribution in [0.5, 0.6) is 0 Å². The predicted octanol–water partition coefficient (Wildman–Crippen LogP) is 4.73. The van der Waals surface area contributed by atoms with Crippen molar-refractivity contribution in [1.29, 1.82) is 0 Å². The summed E-state index contributed by atoms with van der Waals surface area (Å²) in [6, 6.07) is 15.1. The van der Waals surface area contributed by atoms with Gasteiger partial charge < -0.3 is 4.42 Å². The Morgan fingerprint density at radius 1 is 1.11 bits per heavy atom. The van der Waals surface area contributed by atoms with Crippen LogP contribution in [0.1, 0.15) is 21.7 Å². The zero-order valence-corrected chi connectivity index (χ0v) is 11.9. The number of halogens is 1. The van der Waals surface area contributed by atoms with E-state index in [0.717, 1.165) is 15.4 Å². The highest BCUT2D eigenvalue weighted by molar-refractivity contribution is 9.10. The van der Waals surface area contributed by atoms with Gasteiger partial charge >= 0.3 is 0 Å². The molecule has 1 aromatic heterocycles. The topological polar surface area (TPSA) is 30.2 Å². The highest BCUT2D eigenvalue weighted by Gasteiger charge is 2.16. The van der Waals surface area contributed by atoms with E-state index >= 15 is 0 Å². The highest BCUT2D eigenvalue weighted by atomic mass is 79.9. The van der Waals surface area contributed by atoms with Crippen LogP contribution in [-0.4, -0.2) is 5.78 Å². The van der Waals surface area contributed by atoms with Crippen molar-refractivity contribution in [2.45, 2.75) is 6.92 Å². The highest BCUT2D eigenvalue weighted by Crippen LogP contribution is 2.28. The van der Waals surface area contributed by atoms with Crippen LogP contribution in [-0.2, 0) is 0 Å². The van der Waals surface area contributed by atoms with Crippen molar-refractivity contribution in [2.75, 3.05) is 0 Å². The number of carbonyl (C=O) groups is 1. The average molecular weight is 315 g/mol. The Balaban J connectivity index is 2.12. The lowest BCUT2D eigenvalue weighted by atomic mass is 10.0. The Bertz CT molecular complexity index is 771. The molecule has 0 spiro atoms. The van der Waals surface area contributed by atoms with E-state index in [1.807, 2.05) is 49.4 Å². The second-order valence-corrected chi connectivity index (χ2v) is 5.27. The van der Waals surface area contributed by atoms with Crippen molar-refractivity contribution in [2.24, 2.45) is 0 Å². The summed E-state index contributed by atoms with van der Waals surface area (Å²) < 4.78 is 6.53. The summed E-state index contributed by atoms with van der Waals surface area (Å²) in [5.74, 6) is 0.289. The second kappa shape index (κ2) is 4.67. The fourth-order valence-corrected chi connectivity index (χ4v) is 2.56. The number of carbonyl (C=O) groups excluding carboxylic acids is 1. The fraction of sp³-hybridized carbons (Fsp3) is 0.0625. The number of hydrogen-bond donors (Lipinski definition) is 0. The van der Waals surface area contributed by atoms with Crippen LogP contribution < -0.4 is 0 Å². The zero-order valence-electron chi connectivity index (χ0n) is 10.3. The molecule has 0 bridgehead atoms. The molecule has 1 heterocycles. The largest absolute Gasteiger partial charge is 0.451 e. The quantitative estimate of drug-likeness (QED) is 0.640. The standard InChI is InChI=1S/C16H11BrO2/c1-10-5-2-3-7-12(10)15(18)14-9-11-6-4-8-13(17)16(11)19-14/h2-9H,1H3. The van der Waals surface area contributed by atoms with E-state index in [-0.39, 0.29) is 5.78 Å². The number of fused-ring (bicyclic) bond motifs is 1. The fourth-order valence-electron chi connectivity index (χ4n) is 2.10. The van der Waals surface area contributed by atoms with Crippen molar-refractivity contribution < 1.29 is 9.21 Å². The van der Waals surface area contributed by atoms with E-state index in [1.165, 1.54) is 0 Å². The van der Waals surface area contributed by atoms with E-state index in [4.69, 9.17) is 4.42 Å². The van der Waals surface area contributed by atoms with Gasteiger partial charge in [0, 0.05) is 10.9 Å². The first-order chi connectivity index (χ1) is 9.16. The third-order valence-corrected chi connectivity index (χ3v) is 3.73. The summed E-state index contributed by atoms with van der Waals surface area (Å²) in [5, 5.41) is 0.923. The third-order valence-electron chi connectivity index (χ3n) is 3.11. The average Bonchev–Trinajstić information content (AvgIpc) is 2.84. The molecule has 0 amide bonds. The first-order valence-corrected chi connectivity index (χ1v) is 6.74. The van der Waals surface area contributed by atoms with Gasteiger partial charge in [-0.3, -0.25) is 4.79 Å². The van der Waals surface area contributed by atoms with Crippen LogP contribution in [0.15, 0.2) is 57.4 Å². The summed E-state index contributed by atoms with van der Waals surface area (Å²) in [4.78, 5) is 12.4. The molecule has 0 saturated carbocycles. The molecule has 19 heavy (non-hydrogen) atoms. The zero-order chi connectivity index (χ0) is 13.4. The molecule has 2 nitrogen and oxygen atoms in total. The first-order valence-electron chi connectivity index (χ1n) is 5.95. The molecule has 0 N–H and O–H groups in total. The van der Waals surface area contributed by atoms with Crippen molar-refractivity contribution >= 4 is 32.7 Å². The molecule has 3 rings (SSSR count). The lowest BCUT2D eigenvalue weighted by Crippen LogP contribution is -2.01. The monoisotopic (exact) mass is 314 g/mol. The van der Waals surface area contributed by atoms with Crippen LogP contribution in [0.2, 0.25) is 0 Å². The Morgan fingerprint density at radius 2 is 1.89 bits per heavy atom. The summed E-state index contributed by atoms with van der Waals surface area (Å²) in [5.41, 5.74) is 2.34. The van der Waals surface area contributed by atoms with Crippen LogP contribution in [0, 0.1) is 6.92 Å².